The lowest BCUT2D eigenvalue weighted by molar-refractivity contribution is 0.757. The Hall–Kier alpha value is -1.76. The third-order valence-corrected chi connectivity index (χ3v) is 2.99. The van der Waals surface area contributed by atoms with Gasteiger partial charge in [-0.1, -0.05) is 48.1 Å². The second-order valence-corrected chi connectivity index (χ2v) is 4.51. The van der Waals surface area contributed by atoms with E-state index in [1.807, 2.05) is 18.2 Å². The van der Waals surface area contributed by atoms with Crippen molar-refractivity contribution in [2.24, 2.45) is 5.73 Å². The maximum Gasteiger partial charge on any atom is 0.0311 e. The molecule has 1 heteroatoms. The molecule has 16 heavy (non-hydrogen) atoms. The van der Waals surface area contributed by atoms with Crippen LogP contribution in [0.15, 0.2) is 60.3 Å². The third kappa shape index (κ3) is 2.08. The van der Waals surface area contributed by atoms with Crippen LogP contribution in [0.4, 0.5) is 0 Å². The molecular weight excluding hydrogens is 194 g/mol. The minimum absolute atomic E-state index is 0.0658. The Bertz CT molecular complexity index is 480. The summed E-state index contributed by atoms with van der Waals surface area (Å²) >= 11 is 0. The van der Waals surface area contributed by atoms with Gasteiger partial charge in [0.25, 0.3) is 0 Å². The first-order chi connectivity index (χ1) is 7.60. The number of hydrogen-bond acceptors (Lipinski definition) is 1. The van der Waals surface area contributed by atoms with Gasteiger partial charge in [0, 0.05) is 11.1 Å². The fraction of sp³-hybridized carbons (Fsp3) is 0.200. The van der Waals surface area contributed by atoms with Crippen LogP contribution in [0.5, 0.6) is 0 Å². The second-order valence-electron chi connectivity index (χ2n) is 4.51. The molecule has 0 aliphatic heterocycles. The first-order valence-electron chi connectivity index (χ1n) is 5.51. The topological polar surface area (TPSA) is 26.0 Å². The van der Waals surface area contributed by atoms with Gasteiger partial charge in [-0.3, -0.25) is 0 Å². The Morgan fingerprint density at radius 2 is 2.00 bits per heavy atom. The molecule has 0 bridgehead atoms. The minimum atomic E-state index is -0.0658. The van der Waals surface area contributed by atoms with Gasteiger partial charge in [-0.25, -0.2) is 0 Å². The van der Waals surface area contributed by atoms with Gasteiger partial charge in [0.05, 0.1) is 0 Å². The average molecular weight is 211 g/mol. The van der Waals surface area contributed by atoms with Crippen LogP contribution in [-0.2, 0) is 5.41 Å². The minimum Gasteiger partial charge on any atom is -0.399 e. The van der Waals surface area contributed by atoms with Crippen molar-refractivity contribution in [1.29, 1.82) is 0 Å². The molecule has 82 valence electrons. The number of aryl methyl sites for hydroxylation is 1. The van der Waals surface area contributed by atoms with Crippen LogP contribution in [0.1, 0.15) is 18.1 Å². The molecule has 1 atom stereocenters. The number of benzene rings is 1. The second kappa shape index (κ2) is 4.01. The van der Waals surface area contributed by atoms with Crippen molar-refractivity contribution < 1.29 is 0 Å². The lowest BCUT2D eigenvalue weighted by Crippen LogP contribution is -2.15. The predicted octanol–water partition coefficient (Wildman–Crippen LogP) is 3.22. The van der Waals surface area contributed by atoms with Crippen molar-refractivity contribution >= 4 is 0 Å². The molecule has 0 saturated heterocycles. The molecule has 1 aliphatic rings. The van der Waals surface area contributed by atoms with Gasteiger partial charge < -0.3 is 5.73 Å². The van der Waals surface area contributed by atoms with Gasteiger partial charge in [-0.15, -0.1) is 0 Å². The van der Waals surface area contributed by atoms with Gasteiger partial charge >= 0.3 is 0 Å². The number of allylic oxidation sites excluding steroid dienone is 5. The van der Waals surface area contributed by atoms with Gasteiger partial charge in [0.2, 0.25) is 0 Å². The van der Waals surface area contributed by atoms with E-state index in [2.05, 4.69) is 50.3 Å². The molecular formula is C15H17N. The van der Waals surface area contributed by atoms with Crippen molar-refractivity contribution in [3.63, 3.8) is 0 Å². The van der Waals surface area contributed by atoms with Gasteiger partial charge in [0.1, 0.15) is 0 Å². The Morgan fingerprint density at radius 1 is 1.19 bits per heavy atom. The molecule has 0 fully saturated rings. The molecule has 1 aliphatic carbocycles. The van der Waals surface area contributed by atoms with Crippen LogP contribution in [0, 0.1) is 6.92 Å². The van der Waals surface area contributed by atoms with E-state index in [4.69, 9.17) is 5.73 Å². The molecule has 0 aromatic heterocycles. The zero-order chi connectivity index (χ0) is 11.6. The fourth-order valence-corrected chi connectivity index (χ4v) is 1.91. The molecule has 0 saturated carbocycles. The first-order valence-corrected chi connectivity index (χ1v) is 5.51. The Kier molecular flexibility index (Phi) is 2.69. The highest BCUT2D eigenvalue weighted by molar-refractivity contribution is 5.42. The highest BCUT2D eigenvalue weighted by atomic mass is 14.6. The summed E-state index contributed by atoms with van der Waals surface area (Å²) in [5.41, 5.74) is 9.10. The molecule has 1 nitrogen and oxygen atoms in total. The van der Waals surface area contributed by atoms with Crippen molar-refractivity contribution in [3.8, 4) is 0 Å². The van der Waals surface area contributed by atoms with Gasteiger partial charge in [-0.2, -0.15) is 0 Å². The summed E-state index contributed by atoms with van der Waals surface area (Å²) < 4.78 is 0. The summed E-state index contributed by atoms with van der Waals surface area (Å²) in [6, 6.07) is 8.59. The summed E-state index contributed by atoms with van der Waals surface area (Å²) in [6.45, 7) is 4.31. The average Bonchev–Trinajstić information content (AvgIpc) is 2.42. The van der Waals surface area contributed by atoms with E-state index < -0.39 is 0 Å². The lowest BCUT2D eigenvalue weighted by atomic mass is 9.81. The summed E-state index contributed by atoms with van der Waals surface area (Å²) in [4.78, 5) is 0. The first kappa shape index (κ1) is 10.7. The van der Waals surface area contributed by atoms with E-state index in [0.717, 1.165) is 5.70 Å². The summed E-state index contributed by atoms with van der Waals surface area (Å²) in [6.07, 6.45) is 10.3. The van der Waals surface area contributed by atoms with E-state index in [1.165, 1.54) is 11.1 Å². The van der Waals surface area contributed by atoms with Crippen LogP contribution >= 0.6 is 0 Å². The quantitative estimate of drug-likeness (QED) is 0.758. The molecule has 1 unspecified atom stereocenters. The summed E-state index contributed by atoms with van der Waals surface area (Å²) in [5.74, 6) is 0. The highest BCUT2D eigenvalue weighted by Gasteiger charge is 2.20. The van der Waals surface area contributed by atoms with Crippen LogP contribution < -0.4 is 5.73 Å². The summed E-state index contributed by atoms with van der Waals surface area (Å²) in [5, 5.41) is 0. The van der Waals surface area contributed by atoms with E-state index in [0.29, 0.717) is 0 Å². The number of hydrogen-bond donors (Lipinski definition) is 1. The van der Waals surface area contributed by atoms with Crippen molar-refractivity contribution in [2.75, 3.05) is 0 Å². The maximum absolute atomic E-state index is 5.79. The standard InChI is InChI=1S/C15H17N/c1-12-5-3-6-13(11-12)15(2)9-4-7-14(16)8-10-15/h3-11H,16H2,1-2H3. The molecule has 0 spiro atoms. The third-order valence-electron chi connectivity index (χ3n) is 2.99. The van der Waals surface area contributed by atoms with Crippen LogP contribution in [0.3, 0.4) is 0 Å². The van der Waals surface area contributed by atoms with E-state index >= 15 is 0 Å². The van der Waals surface area contributed by atoms with Crippen LogP contribution in [0.2, 0.25) is 0 Å². The largest absolute Gasteiger partial charge is 0.399 e. The van der Waals surface area contributed by atoms with E-state index in [1.54, 1.807) is 0 Å². The Labute approximate surface area is 97.0 Å². The molecule has 1 aromatic carbocycles. The molecule has 2 N–H and O–H groups in total. The Balaban J connectivity index is 2.44. The normalized spacial score (nSPS) is 24.0. The van der Waals surface area contributed by atoms with Crippen LogP contribution in [0.25, 0.3) is 0 Å². The van der Waals surface area contributed by atoms with E-state index in [9.17, 15) is 0 Å². The fourth-order valence-electron chi connectivity index (χ4n) is 1.91. The molecule has 1 aromatic rings. The predicted molar refractivity (Wildman–Crippen MR) is 69.1 cm³/mol. The van der Waals surface area contributed by atoms with Crippen molar-refractivity contribution in [2.45, 2.75) is 19.3 Å². The van der Waals surface area contributed by atoms with Crippen LogP contribution in [-0.4, -0.2) is 0 Å². The lowest BCUT2D eigenvalue weighted by Gasteiger charge is -2.22. The van der Waals surface area contributed by atoms with Gasteiger partial charge in [0.15, 0.2) is 0 Å². The zero-order valence-electron chi connectivity index (χ0n) is 9.77. The smallest absolute Gasteiger partial charge is 0.0311 e. The SMILES string of the molecule is Cc1cccc(C2(C)C=CC=C(N)C=C2)c1. The van der Waals surface area contributed by atoms with E-state index in [-0.39, 0.29) is 5.41 Å². The monoisotopic (exact) mass is 211 g/mol. The number of nitrogens with two attached hydrogens (primary N) is 1. The Morgan fingerprint density at radius 3 is 2.75 bits per heavy atom. The molecule has 2 rings (SSSR count). The van der Waals surface area contributed by atoms with Gasteiger partial charge in [-0.05, 0) is 31.6 Å². The molecule has 0 amide bonds. The summed E-state index contributed by atoms with van der Waals surface area (Å²) in [7, 11) is 0. The number of rotatable bonds is 1. The maximum atomic E-state index is 5.79. The molecule has 0 heterocycles. The zero-order valence-corrected chi connectivity index (χ0v) is 9.77. The molecule has 0 radical (unpaired) electrons. The highest BCUT2D eigenvalue weighted by Crippen LogP contribution is 2.29. The van der Waals surface area contributed by atoms with Crippen molar-refractivity contribution in [3.05, 3.63) is 71.5 Å². The van der Waals surface area contributed by atoms with Crippen molar-refractivity contribution in [1.82, 2.24) is 0 Å².